The molecule has 1 aliphatic heterocycles. The van der Waals surface area contributed by atoms with Gasteiger partial charge >= 0.3 is 6.03 Å². The molecule has 0 bridgehead atoms. The van der Waals surface area contributed by atoms with E-state index in [4.69, 9.17) is 16.3 Å². The molecule has 4 nitrogen and oxygen atoms in total. The second-order valence-electron chi connectivity index (χ2n) is 4.97. The van der Waals surface area contributed by atoms with Crippen LogP contribution in [0.4, 0.5) is 9.18 Å². The zero-order valence-electron chi connectivity index (χ0n) is 11.5. The maximum Gasteiger partial charge on any atom is 0.318 e. The lowest BCUT2D eigenvalue weighted by molar-refractivity contribution is -0.00380. The lowest BCUT2D eigenvalue weighted by Gasteiger charge is -2.32. The maximum atomic E-state index is 13.1. The Hall–Kier alpha value is -1.33. The van der Waals surface area contributed by atoms with Crippen molar-refractivity contribution in [3.05, 3.63) is 34.6 Å². The fourth-order valence-corrected chi connectivity index (χ4v) is 2.33. The summed E-state index contributed by atoms with van der Waals surface area (Å²) in [5.74, 6) is -0.462. The van der Waals surface area contributed by atoms with Crippen molar-refractivity contribution < 1.29 is 13.9 Å². The van der Waals surface area contributed by atoms with Crippen LogP contribution in [0.1, 0.15) is 25.5 Å². The molecule has 20 heavy (non-hydrogen) atoms. The minimum absolute atomic E-state index is 0.0464. The Morgan fingerprint density at radius 1 is 1.60 bits per heavy atom. The van der Waals surface area contributed by atoms with Crippen molar-refractivity contribution >= 4 is 17.6 Å². The normalized spacial score (nSPS) is 20.6. The molecule has 2 amide bonds. The van der Waals surface area contributed by atoms with Crippen LogP contribution in [0.5, 0.6) is 0 Å². The highest BCUT2D eigenvalue weighted by Crippen LogP contribution is 2.21. The molecule has 1 N–H and O–H groups in total. The summed E-state index contributed by atoms with van der Waals surface area (Å²) in [5.41, 5.74) is 0.769. The summed E-state index contributed by atoms with van der Waals surface area (Å²) in [5, 5.41) is 2.94. The van der Waals surface area contributed by atoms with E-state index in [1.807, 2.05) is 13.8 Å². The molecule has 0 aliphatic carbocycles. The van der Waals surface area contributed by atoms with Crippen LogP contribution in [0.2, 0.25) is 5.02 Å². The van der Waals surface area contributed by atoms with E-state index in [-0.39, 0.29) is 23.2 Å². The predicted octanol–water partition coefficient (Wildman–Crippen LogP) is 2.97. The Bertz CT molecular complexity index is 498. The summed E-state index contributed by atoms with van der Waals surface area (Å²) in [6.45, 7) is 5.47. The molecule has 1 aromatic rings. The predicted molar refractivity (Wildman–Crippen MR) is 75.3 cm³/mol. The zero-order valence-corrected chi connectivity index (χ0v) is 12.3. The second-order valence-corrected chi connectivity index (χ2v) is 5.38. The molecule has 110 valence electrons. The van der Waals surface area contributed by atoms with E-state index >= 15 is 0 Å². The number of benzene rings is 1. The Balaban J connectivity index is 1.97. The topological polar surface area (TPSA) is 41.6 Å². The van der Waals surface area contributed by atoms with Gasteiger partial charge in [0.1, 0.15) is 5.82 Å². The van der Waals surface area contributed by atoms with E-state index in [9.17, 15) is 9.18 Å². The summed E-state index contributed by atoms with van der Waals surface area (Å²) in [6, 6.07) is 4.07. The number of hydrogen-bond donors (Lipinski definition) is 1. The third-order valence-corrected chi connectivity index (χ3v) is 3.60. The lowest BCUT2D eigenvalue weighted by atomic mass is 10.1. The average molecular weight is 301 g/mol. The Morgan fingerprint density at radius 2 is 2.35 bits per heavy atom. The Kier molecular flexibility index (Phi) is 4.83. The Labute approximate surface area is 122 Å². The standard InChI is InChI=1S/C14H18ClFN2O2/c1-9-8-18(5-6-20-9)14(19)17-10(2)11-3-4-13(16)12(15)7-11/h3-4,7,9-10H,5-6,8H2,1-2H3,(H,17,19)/t9-,10-/m0/s1. The van der Waals surface area contributed by atoms with Crippen molar-refractivity contribution in [3.63, 3.8) is 0 Å². The number of hydrogen-bond acceptors (Lipinski definition) is 2. The third kappa shape index (κ3) is 3.61. The number of morpholine rings is 1. The molecule has 2 rings (SSSR count). The molecule has 0 saturated carbocycles. The van der Waals surface area contributed by atoms with E-state index in [0.717, 1.165) is 5.56 Å². The molecule has 1 fully saturated rings. The van der Waals surface area contributed by atoms with E-state index < -0.39 is 5.82 Å². The second kappa shape index (κ2) is 6.41. The molecule has 0 aromatic heterocycles. The van der Waals surface area contributed by atoms with Crippen molar-refractivity contribution in [2.24, 2.45) is 0 Å². The molecule has 1 heterocycles. The smallest absolute Gasteiger partial charge is 0.318 e. The van der Waals surface area contributed by atoms with Crippen molar-refractivity contribution in [3.8, 4) is 0 Å². The highest BCUT2D eigenvalue weighted by atomic mass is 35.5. The number of nitrogens with zero attached hydrogens (tertiary/aromatic N) is 1. The molecule has 0 spiro atoms. The van der Waals surface area contributed by atoms with Gasteiger partial charge in [0, 0.05) is 13.1 Å². The van der Waals surface area contributed by atoms with Gasteiger partial charge in [-0.2, -0.15) is 0 Å². The molecular weight excluding hydrogens is 283 g/mol. The van der Waals surface area contributed by atoms with Gasteiger partial charge in [-0.05, 0) is 31.5 Å². The van der Waals surface area contributed by atoms with Gasteiger partial charge in [-0.3, -0.25) is 0 Å². The summed E-state index contributed by atoms with van der Waals surface area (Å²) >= 11 is 5.75. The first-order valence-electron chi connectivity index (χ1n) is 6.59. The van der Waals surface area contributed by atoms with Crippen LogP contribution in [-0.4, -0.2) is 36.7 Å². The number of ether oxygens (including phenoxy) is 1. The molecule has 1 aromatic carbocycles. The quantitative estimate of drug-likeness (QED) is 0.912. The highest BCUT2D eigenvalue weighted by molar-refractivity contribution is 6.30. The zero-order chi connectivity index (χ0) is 14.7. The Morgan fingerprint density at radius 3 is 3.00 bits per heavy atom. The number of carbonyl (C=O) groups is 1. The van der Waals surface area contributed by atoms with E-state index in [2.05, 4.69) is 5.32 Å². The molecular formula is C14H18ClFN2O2. The van der Waals surface area contributed by atoms with Gasteiger partial charge in [0.25, 0.3) is 0 Å². The first kappa shape index (κ1) is 15.1. The summed E-state index contributed by atoms with van der Waals surface area (Å²) in [4.78, 5) is 13.8. The van der Waals surface area contributed by atoms with Crippen LogP contribution in [0.25, 0.3) is 0 Å². The number of urea groups is 1. The average Bonchev–Trinajstić information content (AvgIpc) is 2.41. The van der Waals surface area contributed by atoms with Crippen molar-refractivity contribution in [1.82, 2.24) is 10.2 Å². The SMILES string of the molecule is C[C@H](NC(=O)N1CCO[C@@H](C)C1)c1ccc(F)c(Cl)c1. The third-order valence-electron chi connectivity index (χ3n) is 3.31. The largest absolute Gasteiger partial charge is 0.375 e. The highest BCUT2D eigenvalue weighted by Gasteiger charge is 2.22. The fraction of sp³-hybridized carbons (Fsp3) is 0.500. The van der Waals surface area contributed by atoms with Crippen LogP contribution >= 0.6 is 11.6 Å². The number of rotatable bonds is 2. The molecule has 0 unspecified atom stereocenters. The molecule has 1 aliphatic rings. The first-order valence-corrected chi connectivity index (χ1v) is 6.97. The number of nitrogens with one attached hydrogen (secondary N) is 1. The van der Waals surface area contributed by atoms with Crippen molar-refractivity contribution in [2.75, 3.05) is 19.7 Å². The minimum atomic E-state index is -0.462. The minimum Gasteiger partial charge on any atom is -0.375 e. The molecule has 0 radical (unpaired) electrons. The molecule has 2 atom stereocenters. The van der Waals surface area contributed by atoms with Crippen LogP contribution in [-0.2, 0) is 4.74 Å². The van der Waals surface area contributed by atoms with E-state index in [1.54, 1.807) is 11.0 Å². The number of halogens is 2. The lowest BCUT2D eigenvalue weighted by Crippen LogP contribution is -2.49. The monoisotopic (exact) mass is 300 g/mol. The molecule has 1 saturated heterocycles. The van der Waals surface area contributed by atoms with Crippen LogP contribution in [0, 0.1) is 5.82 Å². The van der Waals surface area contributed by atoms with E-state index in [1.165, 1.54) is 12.1 Å². The summed E-state index contributed by atoms with van der Waals surface area (Å²) in [6.07, 6.45) is 0.0464. The number of carbonyl (C=O) groups excluding carboxylic acids is 1. The van der Waals surface area contributed by atoms with Crippen LogP contribution in [0.15, 0.2) is 18.2 Å². The summed E-state index contributed by atoms with van der Waals surface area (Å²) < 4.78 is 18.5. The van der Waals surface area contributed by atoms with Gasteiger partial charge in [-0.15, -0.1) is 0 Å². The first-order chi connectivity index (χ1) is 9.47. The van der Waals surface area contributed by atoms with Crippen molar-refractivity contribution in [1.29, 1.82) is 0 Å². The van der Waals surface area contributed by atoms with Gasteiger partial charge in [-0.1, -0.05) is 17.7 Å². The van der Waals surface area contributed by atoms with Gasteiger partial charge in [0.2, 0.25) is 0 Å². The van der Waals surface area contributed by atoms with E-state index in [0.29, 0.717) is 19.7 Å². The van der Waals surface area contributed by atoms with Crippen LogP contribution < -0.4 is 5.32 Å². The fourth-order valence-electron chi connectivity index (χ4n) is 2.14. The van der Waals surface area contributed by atoms with Crippen molar-refractivity contribution in [2.45, 2.75) is 26.0 Å². The van der Waals surface area contributed by atoms with Gasteiger partial charge in [0.05, 0.1) is 23.8 Å². The van der Waals surface area contributed by atoms with Crippen LogP contribution in [0.3, 0.4) is 0 Å². The van der Waals surface area contributed by atoms with Gasteiger partial charge < -0.3 is 15.0 Å². The van der Waals surface area contributed by atoms with Gasteiger partial charge in [-0.25, -0.2) is 9.18 Å². The maximum absolute atomic E-state index is 13.1. The van der Waals surface area contributed by atoms with Gasteiger partial charge in [0.15, 0.2) is 0 Å². The summed E-state index contributed by atoms with van der Waals surface area (Å²) in [7, 11) is 0. The molecule has 6 heteroatoms. The number of amides is 2.